The fourth-order valence-corrected chi connectivity index (χ4v) is 0.372. The molecule has 2 atom stereocenters. The van der Waals surface area contributed by atoms with Crippen LogP contribution >= 0.6 is 0 Å². The molecular weight excluding hydrogens is 124 g/mol. The van der Waals surface area contributed by atoms with Gasteiger partial charge in [-0.2, -0.15) is 0 Å². The summed E-state index contributed by atoms with van der Waals surface area (Å²) >= 11 is 0. The first-order valence-corrected chi connectivity index (χ1v) is 2.62. The summed E-state index contributed by atoms with van der Waals surface area (Å²) in [5, 5.41) is 34.0. The topological polar surface area (TPSA) is 80.9 Å². The van der Waals surface area contributed by atoms with E-state index in [2.05, 4.69) is 0 Å². The van der Waals surface area contributed by atoms with Crippen LogP contribution < -0.4 is 0 Å². The predicted octanol–water partition coefficient (Wildman–Crippen LogP) is -1.38. The molecule has 9 heavy (non-hydrogen) atoms. The third kappa shape index (κ3) is 2.76. The van der Waals surface area contributed by atoms with Crippen molar-refractivity contribution in [2.24, 2.45) is 0 Å². The molecule has 0 aliphatic heterocycles. The van der Waals surface area contributed by atoms with Crippen molar-refractivity contribution in [2.75, 3.05) is 6.61 Å². The standard InChI is InChI=1S/C5H11O4/c1-3(7)5(9)4(8)2-6/h3-4,6-9H,2H2,1H3. The van der Waals surface area contributed by atoms with Crippen molar-refractivity contribution in [2.45, 2.75) is 19.1 Å². The second-order valence-corrected chi connectivity index (χ2v) is 1.80. The molecule has 0 aliphatic rings. The maximum atomic E-state index is 8.65. The maximum absolute atomic E-state index is 8.65. The van der Waals surface area contributed by atoms with Crippen LogP contribution in [0, 0.1) is 6.10 Å². The molecule has 0 rings (SSSR count). The molecule has 55 valence electrons. The molecule has 0 aromatic rings. The molecule has 0 saturated heterocycles. The molecule has 0 amide bonds. The van der Waals surface area contributed by atoms with Gasteiger partial charge >= 0.3 is 0 Å². The van der Waals surface area contributed by atoms with E-state index in [1.165, 1.54) is 6.92 Å². The van der Waals surface area contributed by atoms with E-state index >= 15 is 0 Å². The monoisotopic (exact) mass is 135 g/mol. The third-order valence-corrected chi connectivity index (χ3v) is 0.942. The van der Waals surface area contributed by atoms with E-state index in [1.807, 2.05) is 0 Å². The Balaban J connectivity index is 3.58. The van der Waals surface area contributed by atoms with Gasteiger partial charge in [-0.1, -0.05) is 0 Å². The highest BCUT2D eigenvalue weighted by atomic mass is 16.4. The minimum Gasteiger partial charge on any atom is -0.394 e. The highest BCUT2D eigenvalue weighted by Crippen LogP contribution is 2.06. The van der Waals surface area contributed by atoms with Gasteiger partial charge in [0.25, 0.3) is 0 Å². The molecule has 4 nitrogen and oxygen atoms in total. The van der Waals surface area contributed by atoms with Gasteiger partial charge in [-0.3, -0.25) is 0 Å². The van der Waals surface area contributed by atoms with E-state index in [-0.39, 0.29) is 0 Å². The van der Waals surface area contributed by atoms with E-state index in [0.29, 0.717) is 0 Å². The zero-order chi connectivity index (χ0) is 7.44. The molecule has 0 aromatic carbocycles. The van der Waals surface area contributed by atoms with Gasteiger partial charge in [0, 0.05) is 0 Å². The quantitative estimate of drug-likeness (QED) is 0.384. The Morgan fingerprint density at radius 2 is 1.89 bits per heavy atom. The molecule has 2 unspecified atom stereocenters. The van der Waals surface area contributed by atoms with Crippen LogP contribution in [0.4, 0.5) is 0 Å². The summed E-state index contributed by atoms with van der Waals surface area (Å²) in [5.41, 5.74) is 0. The minimum atomic E-state index is -1.33. The van der Waals surface area contributed by atoms with Crippen LogP contribution in [0.2, 0.25) is 0 Å². The maximum Gasteiger partial charge on any atom is 0.152 e. The van der Waals surface area contributed by atoms with Crippen molar-refractivity contribution in [1.29, 1.82) is 0 Å². The van der Waals surface area contributed by atoms with Crippen molar-refractivity contribution >= 4 is 0 Å². The summed E-state index contributed by atoms with van der Waals surface area (Å²) in [7, 11) is 0. The Hall–Kier alpha value is -0.160. The van der Waals surface area contributed by atoms with Gasteiger partial charge in [0.15, 0.2) is 6.10 Å². The molecule has 0 spiro atoms. The summed E-state index contributed by atoms with van der Waals surface area (Å²) in [6.07, 6.45) is -2.92. The average Bonchev–Trinajstić information content (AvgIpc) is 1.84. The Kier molecular flexibility index (Phi) is 3.72. The lowest BCUT2D eigenvalue weighted by Gasteiger charge is -2.15. The number of hydrogen-bond acceptors (Lipinski definition) is 4. The summed E-state index contributed by atoms with van der Waals surface area (Å²) in [4.78, 5) is 0. The van der Waals surface area contributed by atoms with E-state index in [1.54, 1.807) is 0 Å². The molecule has 0 fully saturated rings. The molecule has 1 radical (unpaired) electrons. The largest absolute Gasteiger partial charge is 0.394 e. The van der Waals surface area contributed by atoms with Gasteiger partial charge in [-0.15, -0.1) is 0 Å². The van der Waals surface area contributed by atoms with Crippen LogP contribution in [-0.4, -0.2) is 39.2 Å². The van der Waals surface area contributed by atoms with Gasteiger partial charge in [-0.25, -0.2) is 0 Å². The lowest BCUT2D eigenvalue weighted by atomic mass is 10.1. The van der Waals surface area contributed by atoms with Gasteiger partial charge in [0.2, 0.25) is 0 Å². The molecule has 0 bridgehead atoms. The number of aliphatic hydroxyl groups excluding tert-OH is 4. The van der Waals surface area contributed by atoms with Crippen LogP contribution in [0.5, 0.6) is 0 Å². The van der Waals surface area contributed by atoms with E-state index in [4.69, 9.17) is 20.4 Å². The first kappa shape index (κ1) is 8.84. The van der Waals surface area contributed by atoms with Crippen molar-refractivity contribution < 1.29 is 20.4 Å². The Bertz CT molecular complexity index is 73.4. The van der Waals surface area contributed by atoms with E-state index < -0.39 is 24.9 Å². The van der Waals surface area contributed by atoms with Crippen LogP contribution in [0.15, 0.2) is 0 Å². The Labute approximate surface area is 53.4 Å². The molecule has 4 heteroatoms. The molecule has 0 aromatic heterocycles. The van der Waals surface area contributed by atoms with Crippen LogP contribution in [0.25, 0.3) is 0 Å². The number of rotatable bonds is 3. The molecule has 0 aliphatic carbocycles. The van der Waals surface area contributed by atoms with Crippen molar-refractivity contribution in [1.82, 2.24) is 0 Å². The summed E-state index contributed by atoms with van der Waals surface area (Å²) in [5.74, 6) is 0. The molecular formula is C5H11O4. The molecule has 0 saturated carbocycles. The smallest absolute Gasteiger partial charge is 0.152 e. The summed E-state index contributed by atoms with van der Waals surface area (Å²) < 4.78 is 0. The zero-order valence-corrected chi connectivity index (χ0v) is 5.15. The van der Waals surface area contributed by atoms with Crippen LogP contribution in [0.3, 0.4) is 0 Å². The normalized spacial score (nSPS) is 18.0. The van der Waals surface area contributed by atoms with Gasteiger partial charge < -0.3 is 20.4 Å². The summed E-state index contributed by atoms with van der Waals surface area (Å²) in [6, 6.07) is 0. The SMILES string of the molecule is CC(O)[C](O)C(O)CO. The highest BCUT2D eigenvalue weighted by molar-refractivity contribution is 4.89. The second kappa shape index (κ2) is 3.79. The number of hydrogen-bond donors (Lipinski definition) is 4. The van der Waals surface area contributed by atoms with Crippen molar-refractivity contribution in [3.63, 3.8) is 0 Å². The van der Waals surface area contributed by atoms with Gasteiger partial charge in [0.1, 0.15) is 6.10 Å². The lowest BCUT2D eigenvalue weighted by molar-refractivity contribution is -0.00133. The Morgan fingerprint density at radius 3 is 2.00 bits per heavy atom. The highest BCUT2D eigenvalue weighted by Gasteiger charge is 2.21. The average molecular weight is 135 g/mol. The first-order chi connectivity index (χ1) is 4.09. The van der Waals surface area contributed by atoms with Crippen LogP contribution in [0.1, 0.15) is 6.92 Å². The van der Waals surface area contributed by atoms with Crippen molar-refractivity contribution in [3.8, 4) is 0 Å². The van der Waals surface area contributed by atoms with E-state index in [0.717, 1.165) is 0 Å². The zero-order valence-electron chi connectivity index (χ0n) is 5.15. The summed E-state index contributed by atoms with van der Waals surface area (Å²) in [6.45, 7) is 0.727. The van der Waals surface area contributed by atoms with Gasteiger partial charge in [0.05, 0.1) is 12.7 Å². The fourth-order valence-electron chi connectivity index (χ4n) is 0.372. The lowest BCUT2D eigenvalue weighted by Crippen LogP contribution is -2.30. The first-order valence-electron chi connectivity index (χ1n) is 2.62. The third-order valence-electron chi connectivity index (χ3n) is 0.942. The Morgan fingerprint density at radius 1 is 1.44 bits per heavy atom. The van der Waals surface area contributed by atoms with E-state index in [9.17, 15) is 0 Å². The fraction of sp³-hybridized carbons (Fsp3) is 0.800. The van der Waals surface area contributed by atoms with Gasteiger partial charge in [-0.05, 0) is 6.92 Å². The number of aliphatic hydroxyl groups is 4. The van der Waals surface area contributed by atoms with Crippen LogP contribution in [-0.2, 0) is 0 Å². The second-order valence-electron chi connectivity index (χ2n) is 1.80. The minimum absolute atomic E-state index is 0.502. The molecule has 0 heterocycles. The predicted molar refractivity (Wildman–Crippen MR) is 30.0 cm³/mol. The molecule has 4 N–H and O–H groups in total. The van der Waals surface area contributed by atoms with Crippen molar-refractivity contribution in [3.05, 3.63) is 6.10 Å².